The Hall–Kier alpha value is -3.68. The number of furan rings is 1. The molecule has 30 heavy (non-hydrogen) atoms. The fourth-order valence-electron chi connectivity index (χ4n) is 4.43. The second kappa shape index (κ2) is 6.16. The van der Waals surface area contributed by atoms with Gasteiger partial charge in [0.2, 0.25) is 5.52 Å². The highest BCUT2D eigenvalue weighted by molar-refractivity contribution is 7.22. The lowest BCUT2D eigenvalue weighted by atomic mass is 10.0. The van der Waals surface area contributed by atoms with Gasteiger partial charge in [-0.1, -0.05) is 59.9 Å². The van der Waals surface area contributed by atoms with Gasteiger partial charge in [-0.05, 0) is 35.4 Å². The fourth-order valence-corrected chi connectivity index (χ4v) is 5.79. The average molecular weight is 406 g/mol. The Kier molecular flexibility index (Phi) is 3.53. The first-order valence-electron chi connectivity index (χ1n) is 9.83. The summed E-state index contributed by atoms with van der Waals surface area (Å²) in [6, 6.07) is 25.2. The lowest BCUT2D eigenvalue weighted by molar-refractivity contribution is -0.629. The summed E-state index contributed by atoms with van der Waals surface area (Å²) in [5.74, 6) is 0. The molecule has 0 amide bonds. The van der Waals surface area contributed by atoms with Crippen LogP contribution in [0.3, 0.4) is 0 Å². The van der Waals surface area contributed by atoms with Gasteiger partial charge in [0.05, 0.1) is 10.9 Å². The minimum atomic E-state index is 0.572. The maximum absolute atomic E-state index is 9.88. The summed E-state index contributed by atoms with van der Waals surface area (Å²) >= 11 is 1.76. The molecule has 0 saturated heterocycles. The minimum absolute atomic E-state index is 0.572. The van der Waals surface area contributed by atoms with Crippen LogP contribution in [0.1, 0.15) is 11.1 Å². The summed E-state index contributed by atoms with van der Waals surface area (Å²) in [6.07, 6.45) is 0. The third kappa shape index (κ3) is 2.21. The molecule has 2 heterocycles. The van der Waals surface area contributed by atoms with Crippen molar-refractivity contribution in [1.82, 2.24) is 0 Å². The van der Waals surface area contributed by atoms with Crippen molar-refractivity contribution in [1.29, 1.82) is 5.26 Å². The van der Waals surface area contributed by atoms with Crippen molar-refractivity contribution in [3.05, 3.63) is 77.9 Å². The highest BCUT2D eigenvalue weighted by Gasteiger charge is 2.26. The Morgan fingerprint density at radius 3 is 2.60 bits per heavy atom. The van der Waals surface area contributed by atoms with E-state index in [9.17, 15) is 5.26 Å². The van der Waals surface area contributed by atoms with Crippen molar-refractivity contribution in [2.75, 3.05) is 0 Å². The first-order valence-corrected chi connectivity index (χ1v) is 10.6. The number of aromatic nitrogens is 1. The Morgan fingerprint density at radius 2 is 1.77 bits per heavy atom. The molecule has 6 aromatic rings. The van der Waals surface area contributed by atoms with Crippen LogP contribution in [0.4, 0.5) is 0 Å². The van der Waals surface area contributed by atoms with Gasteiger partial charge < -0.3 is 4.42 Å². The number of benzene rings is 4. The smallest absolute Gasteiger partial charge is 0.270 e. The van der Waals surface area contributed by atoms with Crippen molar-refractivity contribution in [2.24, 2.45) is 7.05 Å². The Balaban J connectivity index is 1.87. The van der Waals surface area contributed by atoms with Crippen LogP contribution >= 0.6 is 11.3 Å². The van der Waals surface area contributed by atoms with E-state index in [4.69, 9.17) is 4.42 Å². The van der Waals surface area contributed by atoms with Crippen molar-refractivity contribution >= 4 is 54.3 Å². The zero-order valence-corrected chi connectivity index (χ0v) is 17.4. The van der Waals surface area contributed by atoms with Gasteiger partial charge in [-0.25, -0.2) is 0 Å². The molecule has 0 N–H and O–H groups in total. The Morgan fingerprint density at radius 1 is 0.967 bits per heavy atom. The van der Waals surface area contributed by atoms with Crippen molar-refractivity contribution in [3.63, 3.8) is 0 Å². The average Bonchev–Trinajstić information content (AvgIpc) is 3.32. The molecule has 0 radical (unpaired) electrons. The van der Waals surface area contributed by atoms with Crippen LogP contribution in [0.2, 0.25) is 0 Å². The van der Waals surface area contributed by atoms with E-state index in [1.807, 2.05) is 18.2 Å². The zero-order valence-electron chi connectivity index (χ0n) is 16.6. The summed E-state index contributed by atoms with van der Waals surface area (Å²) in [7, 11) is 2.08. The number of hydrogen-bond acceptors (Lipinski definition) is 3. The van der Waals surface area contributed by atoms with Crippen LogP contribution < -0.4 is 4.57 Å². The van der Waals surface area contributed by atoms with Gasteiger partial charge in [0.25, 0.3) is 5.01 Å². The van der Waals surface area contributed by atoms with Gasteiger partial charge in [-0.2, -0.15) is 9.83 Å². The molecule has 6 rings (SSSR count). The monoisotopic (exact) mass is 405 g/mol. The van der Waals surface area contributed by atoms with Gasteiger partial charge in [-0.15, -0.1) is 0 Å². The highest BCUT2D eigenvalue weighted by Crippen LogP contribution is 2.43. The predicted molar refractivity (Wildman–Crippen MR) is 123 cm³/mol. The molecule has 0 aliphatic carbocycles. The molecule has 142 valence electrons. The van der Waals surface area contributed by atoms with E-state index in [1.165, 1.54) is 21.5 Å². The van der Waals surface area contributed by atoms with E-state index in [0.717, 1.165) is 32.0 Å². The number of fused-ring (bicyclic) bond motifs is 7. The molecule has 2 aromatic heterocycles. The summed E-state index contributed by atoms with van der Waals surface area (Å²) in [6.45, 7) is 2.14. The molecule has 0 bridgehead atoms. The lowest BCUT2D eigenvalue weighted by Crippen LogP contribution is -2.28. The number of nitriles is 1. The Bertz CT molecular complexity index is 1680. The molecule has 0 spiro atoms. The molecular formula is C26H17N2OS+. The molecule has 0 unspecified atom stereocenters. The van der Waals surface area contributed by atoms with E-state index in [2.05, 4.69) is 73.1 Å². The fraction of sp³-hybridized carbons (Fsp3) is 0.0769. The first-order chi connectivity index (χ1) is 14.7. The van der Waals surface area contributed by atoms with Gasteiger partial charge in [-0.3, -0.25) is 0 Å². The van der Waals surface area contributed by atoms with Crippen LogP contribution in [0.15, 0.2) is 71.1 Å². The molecule has 3 nitrogen and oxygen atoms in total. The van der Waals surface area contributed by atoms with E-state index >= 15 is 0 Å². The van der Waals surface area contributed by atoms with Crippen molar-refractivity contribution in [3.8, 4) is 16.6 Å². The maximum Gasteiger partial charge on any atom is 0.270 e. The SMILES string of the molecule is Cc1ccccc1-c1sc2c3c(oc4ccc5ccccc5c43)c(C#N)cc2[n+]1C. The number of aryl methyl sites for hydroxylation is 2. The molecule has 0 atom stereocenters. The van der Waals surface area contributed by atoms with Crippen LogP contribution in [-0.4, -0.2) is 0 Å². The van der Waals surface area contributed by atoms with Crippen LogP contribution in [0.25, 0.3) is 53.5 Å². The molecular weight excluding hydrogens is 388 g/mol. The van der Waals surface area contributed by atoms with E-state index < -0.39 is 0 Å². The normalized spacial score (nSPS) is 11.6. The van der Waals surface area contributed by atoms with Gasteiger partial charge in [0.1, 0.15) is 29.0 Å². The molecule has 0 aliphatic heterocycles. The van der Waals surface area contributed by atoms with E-state index in [1.54, 1.807) is 11.3 Å². The number of nitrogens with zero attached hydrogens (tertiary/aromatic N) is 2. The summed E-state index contributed by atoms with van der Waals surface area (Å²) in [4.78, 5) is 0. The topological polar surface area (TPSA) is 40.8 Å². The summed E-state index contributed by atoms with van der Waals surface area (Å²) in [5, 5.41) is 15.5. The Labute approximate surface area is 177 Å². The largest absolute Gasteiger partial charge is 0.455 e. The first kappa shape index (κ1) is 17.2. The second-order valence-corrected chi connectivity index (χ2v) is 8.63. The molecule has 4 heteroatoms. The van der Waals surface area contributed by atoms with Gasteiger partial charge >= 0.3 is 0 Å². The molecule has 0 saturated carbocycles. The third-order valence-electron chi connectivity index (χ3n) is 5.93. The van der Waals surface area contributed by atoms with Crippen molar-refractivity contribution in [2.45, 2.75) is 6.92 Å². The molecule has 0 aliphatic rings. The van der Waals surface area contributed by atoms with Crippen LogP contribution in [-0.2, 0) is 7.05 Å². The molecule has 4 aromatic carbocycles. The zero-order chi connectivity index (χ0) is 20.4. The summed E-state index contributed by atoms with van der Waals surface area (Å²) in [5.41, 5.74) is 5.57. The summed E-state index contributed by atoms with van der Waals surface area (Å²) < 4.78 is 9.60. The highest BCUT2D eigenvalue weighted by atomic mass is 32.1. The van der Waals surface area contributed by atoms with Crippen LogP contribution in [0, 0.1) is 18.3 Å². The standard InChI is InChI=1S/C26H17N2OS/c1-15-7-3-5-9-18(15)26-28(2)20-13-17(14-27)24-23(25(20)30-26)22-19-10-6-4-8-16(19)11-12-21(22)29-24/h3-13H,1-2H3/q+1. The van der Waals surface area contributed by atoms with Gasteiger partial charge in [0.15, 0.2) is 5.58 Å². The minimum Gasteiger partial charge on any atom is -0.455 e. The number of rotatable bonds is 1. The van der Waals surface area contributed by atoms with Crippen molar-refractivity contribution < 1.29 is 8.98 Å². The van der Waals surface area contributed by atoms with Crippen LogP contribution in [0.5, 0.6) is 0 Å². The van der Waals surface area contributed by atoms with E-state index in [0.29, 0.717) is 11.1 Å². The van der Waals surface area contributed by atoms with Gasteiger partial charge in [0, 0.05) is 11.5 Å². The molecule has 0 fully saturated rings. The third-order valence-corrected chi connectivity index (χ3v) is 7.23. The predicted octanol–water partition coefficient (Wildman–Crippen LogP) is 6.63. The maximum atomic E-state index is 9.88. The number of hydrogen-bond donors (Lipinski definition) is 0. The quantitative estimate of drug-likeness (QED) is 0.288. The van der Waals surface area contributed by atoms with E-state index in [-0.39, 0.29) is 0 Å². The number of thiazole rings is 1. The lowest BCUT2D eigenvalue weighted by Gasteiger charge is -1.99. The second-order valence-electron chi connectivity index (χ2n) is 7.63.